The highest BCUT2D eigenvalue weighted by atomic mass is 79.9. The summed E-state index contributed by atoms with van der Waals surface area (Å²) in [6.07, 6.45) is -0.178. The highest BCUT2D eigenvalue weighted by Crippen LogP contribution is 2.19. The molecule has 1 rings (SSSR count). The van der Waals surface area contributed by atoms with Crippen LogP contribution in [0.3, 0.4) is 0 Å². The number of benzene rings is 1. The number of anilines is 1. The summed E-state index contributed by atoms with van der Waals surface area (Å²) in [5.74, 6) is -1.50. The number of aliphatic carboxylic acids is 1. The maximum atomic E-state index is 13.2. The SMILES string of the molecule is CC(CC(=O)O)NC(=O)Nc1ccc(Br)c(F)c1. The van der Waals surface area contributed by atoms with Crippen LogP contribution in [0.15, 0.2) is 22.7 Å². The van der Waals surface area contributed by atoms with Crippen molar-refractivity contribution in [1.82, 2.24) is 5.32 Å². The van der Waals surface area contributed by atoms with E-state index in [1.807, 2.05) is 0 Å². The lowest BCUT2D eigenvalue weighted by atomic mass is 10.2. The number of carboxylic acids is 1. The van der Waals surface area contributed by atoms with E-state index in [-0.39, 0.29) is 12.1 Å². The van der Waals surface area contributed by atoms with Gasteiger partial charge in [0.25, 0.3) is 0 Å². The number of rotatable bonds is 4. The number of hydrogen-bond acceptors (Lipinski definition) is 2. The lowest BCUT2D eigenvalue weighted by Crippen LogP contribution is -2.37. The van der Waals surface area contributed by atoms with Crippen LogP contribution in [0.5, 0.6) is 0 Å². The van der Waals surface area contributed by atoms with E-state index in [2.05, 4.69) is 26.6 Å². The molecule has 0 radical (unpaired) electrons. The Kier molecular flexibility index (Phi) is 5.08. The van der Waals surface area contributed by atoms with E-state index in [9.17, 15) is 14.0 Å². The van der Waals surface area contributed by atoms with Crippen molar-refractivity contribution in [3.63, 3.8) is 0 Å². The van der Waals surface area contributed by atoms with Crippen LogP contribution in [-0.2, 0) is 4.79 Å². The standard InChI is InChI=1S/C11H12BrFN2O3/c1-6(4-10(16)17)14-11(18)15-7-2-3-8(12)9(13)5-7/h2-3,5-6H,4H2,1H3,(H,16,17)(H2,14,15,18). The molecule has 0 spiro atoms. The molecule has 1 aromatic rings. The lowest BCUT2D eigenvalue weighted by molar-refractivity contribution is -0.137. The second-order valence-corrected chi connectivity index (χ2v) is 4.58. The molecule has 0 saturated heterocycles. The summed E-state index contributed by atoms with van der Waals surface area (Å²) in [4.78, 5) is 21.9. The summed E-state index contributed by atoms with van der Waals surface area (Å²) in [7, 11) is 0. The minimum Gasteiger partial charge on any atom is -0.481 e. The third-order valence-electron chi connectivity index (χ3n) is 2.04. The molecule has 0 aliphatic carbocycles. The number of urea groups is 1. The summed E-state index contributed by atoms with van der Waals surface area (Å²) in [6, 6.07) is 3.06. The molecule has 0 aliphatic heterocycles. The molecule has 7 heteroatoms. The van der Waals surface area contributed by atoms with Crippen molar-refractivity contribution >= 4 is 33.6 Å². The fourth-order valence-corrected chi connectivity index (χ4v) is 1.52. The maximum Gasteiger partial charge on any atom is 0.319 e. The minimum absolute atomic E-state index is 0.178. The summed E-state index contributed by atoms with van der Waals surface area (Å²) in [5, 5.41) is 13.4. The molecular weight excluding hydrogens is 307 g/mol. The molecule has 0 fully saturated rings. The number of carbonyl (C=O) groups is 2. The molecule has 3 N–H and O–H groups in total. The quantitative estimate of drug-likeness (QED) is 0.798. The summed E-state index contributed by atoms with van der Waals surface area (Å²) in [5.41, 5.74) is 0.288. The van der Waals surface area contributed by atoms with Gasteiger partial charge in [0.1, 0.15) is 5.82 Å². The van der Waals surface area contributed by atoms with E-state index in [1.54, 1.807) is 6.92 Å². The van der Waals surface area contributed by atoms with Gasteiger partial charge in [-0.1, -0.05) is 0 Å². The first kappa shape index (κ1) is 14.4. The van der Waals surface area contributed by atoms with Crippen LogP contribution in [0.2, 0.25) is 0 Å². The van der Waals surface area contributed by atoms with E-state index < -0.39 is 23.9 Å². The van der Waals surface area contributed by atoms with Crippen molar-refractivity contribution in [3.8, 4) is 0 Å². The molecule has 0 heterocycles. The van der Waals surface area contributed by atoms with Crippen molar-refractivity contribution in [2.24, 2.45) is 0 Å². The molecule has 0 bridgehead atoms. The number of hydrogen-bond donors (Lipinski definition) is 3. The average Bonchev–Trinajstić information content (AvgIpc) is 2.21. The Labute approximate surface area is 112 Å². The molecule has 2 amide bonds. The normalized spacial score (nSPS) is 11.7. The van der Waals surface area contributed by atoms with Gasteiger partial charge < -0.3 is 15.7 Å². The lowest BCUT2D eigenvalue weighted by Gasteiger charge is -2.12. The van der Waals surface area contributed by atoms with E-state index in [0.29, 0.717) is 4.47 Å². The Morgan fingerprint density at radius 3 is 2.72 bits per heavy atom. The van der Waals surface area contributed by atoms with Gasteiger partial charge in [0.05, 0.1) is 10.9 Å². The Balaban J connectivity index is 2.54. The molecule has 0 aliphatic rings. The maximum absolute atomic E-state index is 13.2. The summed E-state index contributed by atoms with van der Waals surface area (Å²) >= 11 is 2.99. The zero-order valence-electron chi connectivity index (χ0n) is 9.54. The zero-order valence-corrected chi connectivity index (χ0v) is 11.1. The summed E-state index contributed by atoms with van der Waals surface area (Å²) in [6.45, 7) is 1.57. The van der Waals surface area contributed by atoms with Crippen LogP contribution >= 0.6 is 15.9 Å². The first-order chi connectivity index (χ1) is 8.38. The first-order valence-electron chi connectivity index (χ1n) is 5.13. The topological polar surface area (TPSA) is 78.4 Å². The highest BCUT2D eigenvalue weighted by Gasteiger charge is 2.11. The molecule has 98 valence electrons. The fraction of sp³-hybridized carbons (Fsp3) is 0.273. The van der Waals surface area contributed by atoms with Crippen LogP contribution in [-0.4, -0.2) is 23.1 Å². The zero-order chi connectivity index (χ0) is 13.7. The Morgan fingerprint density at radius 2 is 2.17 bits per heavy atom. The number of halogens is 2. The number of amides is 2. The van der Waals surface area contributed by atoms with Crippen molar-refractivity contribution in [1.29, 1.82) is 0 Å². The van der Waals surface area contributed by atoms with Crippen LogP contribution < -0.4 is 10.6 Å². The largest absolute Gasteiger partial charge is 0.481 e. The van der Waals surface area contributed by atoms with Crippen LogP contribution in [0.25, 0.3) is 0 Å². The number of carboxylic acid groups (broad SMARTS) is 1. The average molecular weight is 319 g/mol. The van der Waals surface area contributed by atoms with Crippen LogP contribution in [0.4, 0.5) is 14.9 Å². The van der Waals surface area contributed by atoms with Crippen molar-refractivity contribution in [3.05, 3.63) is 28.5 Å². The second-order valence-electron chi connectivity index (χ2n) is 3.73. The third-order valence-corrected chi connectivity index (χ3v) is 2.68. The molecule has 1 aromatic carbocycles. The van der Waals surface area contributed by atoms with Crippen molar-refractivity contribution < 1.29 is 19.1 Å². The van der Waals surface area contributed by atoms with Gasteiger partial charge in [-0.25, -0.2) is 9.18 Å². The van der Waals surface area contributed by atoms with Gasteiger partial charge in [0.2, 0.25) is 0 Å². The fourth-order valence-electron chi connectivity index (χ4n) is 1.28. The number of carbonyl (C=O) groups excluding carboxylic acids is 1. The molecule has 1 unspecified atom stereocenters. The summed E-state index contributed by atoms with van der Waals surface area (Å²) < 4.78 is 13.5. The molecule has 5 nitrogen and oxygen atoms in total. The molecule has 18 heavy (non-hydrogen) atoms. The van der Waals surface area contributed by atoms with Gasteiger partial charge in [-0.2, -0.15) is 0 Å². The molecule has 0 saturated carbocycles. The monoisotopic (exact) mass is 318 g/mol. The predicted molar refractivity (Wildman–Crippen MR) is 68.0 cm³/mol. The van der Waals surface area contributed by atoms with Gasteiger partial charge >= 0.3 is 12.0 Å². The number of nitrogens with one attached hydrogen (secondary N) is 2. The van der Waals surface area contributed by atoms with E-state index >= 15 is 0 Å². The molecular formula is C11H12BrFN2O3. The highest BCUT2D eigenvalue weighted by molar-refractivity contribution is 9.10. The van der Waals surface area contributed by atoms with Crippen molar-refractivity contribution in [2.45, 2.75) is 19.4 Å². The second kappa shape index (κ2) is 6.34. The van der Waals surface area contributed by atoms with Gasteiger partial charge in [0.15, 0.2) is 0 Å². The van der Waals surface area contributed by atoms with Crippen LogP contribution in [0.1, 0.15) is 13.3 Å². The first-order valence-corrected chi connectivity index (χ1v) is 5.92. The van der Waals surface area contributed by atoms with Gasteiger partial charge in [-0.15, -0.1) is 0 Å². The van der Waals surface area contributed by atoms with E-state index in [1.165, 1.54) is 12.1 Å². The van der Waals surface area contributed by atoms with Crippen LogP contribution in [0, 0.1) is 5.82 Å². The predicted octanol–water partition coefficient (Wildman–Crippen LogP) is 2.57. The van der Waals surface area contributed by atoms with Gasteiger partial charge in [0, 0.05) is 11.7 Å². The Morgan fingerprint density at radius 1 is 1.50 bits per heavy atom. The van der Waals surface area contributed by atoms with E-state index in [4.69, 9.17) is 5.11 Å². The van der Waals surface area contributed by atoms with Gasteiger partial charge in [-0.05, 0) is 41.1 Å². The molecule has 1 atom stereocenters. The Bertz CT molecular complexity index is 468. The third kappa shape index (κ3) is 4.70. The van der Waals surface area contributed by atoms with E-state index in [0.717, 1.165) is 6.07 Å². The Hall–Kier alpha value is -1.63. The van der Waals surface area contributed by atoms with Crippen molar-refractivity contribution in [2.75, 3.05) is 5.32 Å². The minimum atomic E-state index is -1.00. The van der Waals surface area contributed by atoms with Gasteiger partial charge in [-0.3, -0.25) is 4.79 Å². The smallest absolute Gasteiger partial charge is 0.319 e. The molecule has 0 aromatic heterocycles.